The molecule has 28 heavy (non-hydrogen) atoms. The molecule has 1 aliphatic rings. The third kappa shape index (κ3) is 3.72. The highest BCUT2D eigenvalue weighted by atomic mass is 16.4. The normalized spacial score (nSPS) is 17.0. The first-order valence-electron chi connectivity index (χ1n) is 9.96. The fourth-order valence-electron chi connectivity index (χ4n) is 3.98. The lowest BCUT2D eigenvalue weighted by atomic mass is 9.99. The molecule has 1 saturated heterocycles. The van der Waals surface area contributed by atoms with Crippen molar-refractivity contribution in [1.82, 2.24) is 9.88 Å². The summed E-state index contributed by atoms with van der Waals surface area (Å²) in [5.74, 6) is 1.57. The summed E-state index contributed by atoms with van der Waals surface area (Å²) in [6, 6.07) is 18.7. The first-order chi connectivity index (χ1) is 13.7. The second kappa shape index (κ2) is 8.00. The van der Waals surface area contributed by atoms with E-state index >= 15 is 0 Å². The quantitative estimate of drug-likeness (QED) is 0.617. The molecule has 1 atom stereocenters. The molecule has 0 aliphatic carbocycles. The van der Waals surface area contributed by atoms with Crippen LogP contribution in [0.3, 0.4) is 0 Å². The Hall–Kier alpha value is -2.90. The summed E-state index contributed by atoms with van der Waals surface area (Å²) in [6.45, 7) is 6.53. The number of nitriles is 1. The van der Waals surface area contributed by atoms with E-state index in [4.69, 9.17) is 9.40 Å². The van der Waals surface area contributed by atoms with Crippen molar-refractivity contribution in [2.45, 2.75) is 39.2 Å². The average Bonchev–Trinajstić information content (AvgIpc) is 3.31. The Labute approximate surface area is 166 Å². The number of oxazole rings is 1. The predicted molar refractivity (Wildman–Crippen MR) is 111 cm³/mol. The summed E-state index contributed by atoms with van der Waals surface area (Å²) in [6.07, 6.45) is 3.52. The first-order valence-corrected chi connectivity index (χ1v) is 9.96. The molecule has 0 amide bonds. The van der Waals surface area contributed by atoms with Gasteiger partial charge < -0.3 is 9.32 Å². The zero-order valence-corrected chi connectivity index (χ0v) is 16.5. The van der Waals surface area contributed by atoms with Crippen LogP contribution >= 0.6 is 0 Å². The van der Waals surface area contributed by atoms with Crippen molar-refractivity contribution in [3.63, 3.8) is 0 Å². The molecular weight excluding hydrogens is 346 g/mol. The molecule has 1 unspecified atom stereocenters. The lowest BCUT2D eigenvalue weighted by Gasteiger charge is -2.20. The molecule has 0 saturated carbocycles. The van der Waals surface area contributed by atoms with E-state index in [1.165, 1.54) is 19.4 Å². The van der Waals surface area contributed by atoms with Gasteiger partial charge >= 0.3 is 0 Å². The van der Waals surface area contributed by atoms with E-state index in [-0.39, 0.29) is 0 Å². The van der Waals surface area contributed by atoms with Gasteiger partial charge in [-0.25, -0.2) is 4.98 Å². The molecule has 0 bridgehead atoms. The highest BCUT2D eigenvalue weighted by Gasteiger charge is 2.21. The maximum atomic E-state index is 9.31. The van der Waals surface area contributed by atoms with Gasteiger partial charge in [-0.15, -0.1) is 0 Å². The Bertz CT molecular complexity index is 997. The van der Waals surface area contributed by atoms with E-state index in [1.807, 2.05) is 55.5 Å². The molecule has 0 radical (unpaired) electrons. The van der Waals surface area contributed by atoms with Gasteiger partial charge in [-0.05, 0) is 62.6 Å². The van der Waals surface area contributed by atoms with Crippen molar-refractivity contribution >= 4 is 0 Å². The Morgan fingerprint density at radius 3 is 2.61 bits per heavy atom. The van der Waals surface area contributed by atoms with Gasteiger partial charge in [-0.2, -0.15) is 5.26 Å². The number of aromatic nitrogens is 1. The molecule has 0 N–H and O–H groups in total. The van der Waals surface area contributed by atoms with E-state index in [0.29, 0.717) is 17.5 Å². The number of likely N-dealkylation sites (tertiary alicyclic amines) is 1. The smallest absolute Gasteiger partial charge is 0.226 e. The summed E-state index contributed by atoms with van der Waals surface area (Å²) in [5, 5.41) is 9.31. The standard InChI is InChI=1S/C24H25N3O/c1-17-6-5-14-27(17)15-13-23-18(2)28-24(26-23)20-11-9-19(10-12-20)22-8-4-3-7-21(22)16-25/h3-4,7-12,17H,5-6,13-15H2,1-2H3. The first kappa shape index (κ1) is 18.5. The van der Waals surface area contributed by atoms with Gasteiger partial charge in [0.2, 0.25) is 5.89 Å². The van der Waals surface area contributed by atoms with Crippen molar-refractivity contribution in [3.05, 3.63) is 65.5 Å². The molecule has 2 heterocycles. The van der Waals surface area contributed by atoms with E-state index in [0.717, 1.165) is 41.1 Å². The maximum Gasteiger partial charge on any atom is 0.226 e. The van der Waals surface area contributed by atoms with Crippen LogP contribution in [0.5, 0.6) is 0 Å². The third-order valence-electron chi connectivity index (χ3n) is 5.71. The van der Waals surface area contributed by atoms with Crippen LogP contribution in [0.1, 0.15) is 36.8 Å². The largest absolute Gasteiger partial charge is 0.441 e. The fraction of sp³-hybridized carbons (Fsp3) is 0.333. The SMILES string of the molecule is Cc1oc(-c2ccc(-c3ccccc3C#N)cc2)nc1CCN1CCCC1C. The molecule has 142 valence electrons. The van der Waals surface area contributed by atoms with Crippen LogP contribution in [0.4, 0.5) is 0 Å². The van der Waals surface area contributed by atoms with Gasteiger partial charge in [0.1, 0.15) is 5.76 Å². The number of aryl methyl sites for hydroxylation is 1. The lowest BCUT2D eigenvalue weighted by molar-refractivity contribution is 0.271. The number of hydrogen-bond acceptors (Lipinski definition) is 4. The minimum atomic E-state index is 0.669. The van der Waals surface area contributed by atoms with Crippen molar-refractivity contribution in [2.24, 2.45) is 0 Å². The molecule has 3 aromatic rings. The number of rotatable bonds is 5. The summed E-state index contributed by atoms with van der Waals surface area (Å²) < 4.78 is 5.95. The summed E-state index contributed by atoms with van der Waals surface area (Å²) >= 11 is 0. The van der Waals surface area contributed by atoms with Crippen molar-refractivity contribution < 1.29 is 4.42 Å². The molecule has 1 fully saturated rings. The Morgan fingerprint density at radius 2 is 1.89 bits per heavy atom. The van der Waals surface area contributed by atoms with Crippen LogP contribution in [0.15, 0.2) is 52.9 Å². The van der Waals surface area contributed by atoms with E-state index in [2.05, 4.69) is 17.9 Å². The van der Waals surface area contributed by atoms with Crippen LogP contribution in [0.2, 0.25) is 0 Å². The number of hydrogen-bond donors (Lipinski definition) is 0. The zero-order chi connectivity index (χ0) is 19.5. The summed E-state index contributed by atoms with van der Waals surface area (Å²) in [5.41, 5.74) is 4.66. The van der Waals surface area contributed by atoms with Crippen molar-refractivity contribution in [2.75, 3.05) is 13.1 Å². The third-order valence-corrected chi connectivity index (χ3v) is 5.71. The second-order valence-corrected chi connectivity index (χ2v) is 7.53. The Kier molecular flexibility index (Phi) is 5.27. The van der Waals surface area contributed by atoms with Gasteiger partial charge in [0.15, 0.2) is 0 Å². The van der Waals surface area contributed by atoms with Crippen LogP contribution in [0.25, 0.3) is 22.6 Å². The zero-order valence-electron chi connectivity index (χ0n) is 16.5. The summed E-state index contributed by atoms with van der Waals surface area (Å²) in [7, 11) is 0. The molecule has 0 spiro atoms. The number of nitrogens with zero attached hydrogens (tertiary/aromatic N) is 3. The van der Waals surface area contributed by atoms with E-state index < -0.39 is 0 Å². The van der Waals surface area contributed by atoms with Crippen LogP contribution in [0, 0.1) is 18.3 Å². The highest BCUT2D eigenvalue weighted by molar-refractivity contribution is 5.72. The van der Waals surface area contributed by atoms with Crippen molar-refractivity contribution in [3.8, 4) is 28.7 Å². The average molecular weight is 371 g/mol. The molecular formula is C24H25N3O. The molecule has 1 aliphatic heterocycles. The predicted octanol–water partition coefficient (Wildman–Crippen LogP) is 5.22. The van der Waals surface area contributed by atoms with Gasteiger partial charge in [0, 0.05) is 24.6 Å². The fourth-order valence-corrected chi connectivity index (χ4v) is 3.98. The van der Waals surface area contributed by atoms with Crippen LogP contribution < -0.4 is 0 Å². The minimum Gasteiger partial charge on any atom is -0.441 e. The molecule has 1 aromatic heterocycles. The maximum absolute atomic E-state index is 9.31. The van der Waals surface area contributed by atoms with Crippen LogP contribution in [-0.2, 0) is 6.42 Å². The van der Waals surface area contributed by atoms with Gasteiger partial charge in [-0.3, -0.25) is 0 Å². The molecule has 2 aromatic carbocycles. The van der Waals surface area contributed by atoms with E-state index in [1.54, 1.807) is 0 Å². The molecule has 4 heteroatoms. The van der Waals surface area contributed by atoms with Gasteiger partial charge in [0.25, 0.3) is 0 Å². The van der Waals surface area contributed by atoms with Gasteiger partial charge in [-0.1, -0.05) is 30.3 Å². The Balaban J connectivity index is 1.51. The minimum absolute atomic E-state index is 0.669. The van der Waals surface area contributed by atoms with E-state index in [9.17, 15) is 5.26 Å². The summed E-state index contributed by atoms with van der Waals surface area (Å²) in [4.78, 5) is 7.29. The second-order valence-electron chi connectivity index (χ2n) is 7.53. The van der Waals surface area contributed by atoms with Gasteiger partial charge in [0.05, 0.1) is 17.3 Å². The number of benzene rings is 2. The molecule has 4 rings (SSSR count). The van der Waals surface area contributed by atoms with Crippen LogP contribution in [-0.4, -0.2) is 29.0 Å². The van der Waals surface area contributed by atoms with Crippen molar-refractivity contribution in [1.29, 1.82) is 5.26 Å². The lowest BCUT2D eigenvalue weighted by Crippen LogP contribution is -2.29. The topological polar surface area (TPSA) is 53.1 Å². The monoisotopic (exact) mass is 371 g/mol. The molecule has 4 nitrogen and oxygen atoms in total. The highest BCUT2D eigenvalue weighted by Crippen LogP contribution is 2.28. The Morgan fingerprint density at radius 1 is 1.14 bits per heavy atom.